The number of carbonyl (C=O) groups is 1. The number of hydrogen-bond acceptors (Lipinski definition) is 3. The van der Waals surface area contributed by atoms with Crippen molar-refractivity contribution in [3.8, 4) is 0 Å². The number of H-pyrrole nitrogens is 1. The van der Waals surface area contributed by atoms with Crippen LogP contribution in [-0.2, 0) is 0 Å². The number of aromatic amines is 1. The number of nitrogens with zero attached hydrogens (tertiary/aromatic N) is 1. The number of nitrogens with one attached hydrogen (secondary N) is 2. The average molecular weight is 246 g/mol. The van der Waals surface area contributed by atoms with E-state index in [4.69, 9.17) is 11.6 Å². The largest absolute Gasteiger partial charge is 0.351 e. The molecule has 0 aromatic carbocycles. The number of hydrogen-bond donors (Lipinski definition) is 2. The molecule has 0 saturated carbocycles. The van der Waals surface area contributed by atoms with Crippen molar-refractivity contribution < 1.29 is 9.72 Å². The molecule has 1 heterocycles. The lowest BCUT2D eigenvalue weighted by atomic mass is 10.2. The standard InChI is InChI=1S/C9H12ClN3O3/c1-6(2-3-10)12-9(14)8-4-7(5-11-8)13(15)16/h4-6,11H,2-3H2,1H3,(H,12,14). The van der Waals surface area contributed by atoms with Crippen molar-refractivity contribution in [3.05, 3.63) is 28.1 Å². The Bertz CT molecular complexity index is 391. The van der Waals surface area contributed by atoms with Gasteiger partial charge >= 0.3 is 0 Å². The highest BCUT2D eigenvalue weighted by Crippen LogP contribution is 2.12. The summed E-state index contributed by atoms with van der Waals surface area (Å²) in [4.78, 5) is 23.9. The van der Waals surface area contributed by atoms with Gasteiger partial charge in [0.05, 0.1) is 11.1 Å². The van der Waals surface area contributed by atoms with E-state index < -0.39 is 4.92 Å². The highest BCUT2D eigenvalue weighted by Gasteiger charge is 2.15. The third-order valence-corrected chi connectivity index (χ3v) is 2.26. The van der Waals surface area contributed by atoms with Gasteiger partial charge in [-0.25, -0.2) is 0 Å². The van der Waals surface area contributed by atoms with Crippen LogP contribution in [0.5, 0.6) is 0 Å². The second kappa shape index (κ2) is 5.50. The van der Waals surface area contributed by atoms with E-state index >= 15 is 0 Å². The van der Waals surface area contributed by atoms with Crippen LogP contribution in [0.2, 0.25) is 0 Å². The smallest absolute Gasteiger partial charge is 0.287 e. The maximum Gasteiger partial charge on any atom is 0.287 e. The molecule has 0 spiro atoms. The zero-order valence-corrected chi connectivity index (χ0v) is 9.45. The van der Waals surface area contributed by atoms with Crippen LogP contribution < -0.4 is 5.32 Å². The number of halogens is 1. The molecule has 88 valence electrons. The van der Waals surface area contributed by atoms with Gasteiger partial charge in [0.15, 0.2) is 0 Å². The second-order valence-corrected chi connectivity index (χ2v) is 3.76. The predicted molar refractivity (Wildman–Crippen MR) is 59.7 cm³/mol. The molecule has 2 N–H and O–H groups in total. The molecule has 6 nitrogen and oxygen atoms in total. The van der Waals surface area contributed by atoms with Crippen LogP contribution in [0.3, 0.4) is 0 Å². The molecule has 1 amide bonds. The van der Waals surface area contributed by atoms with Gasteiger partial charge in [0.25, 0.3) is 11.6 Å². The molecule has 0 bridgehead atoms. The lowest BCUT2D eigenvalue weighted by Gasteiger charge is -2.10. The molecular formula is C9H12ClN3O3. The fraction of sp³-hybridized carbons (Fsp3) is 0.444. The van der Waals surface area contributed by atoms with Crippen molar-refractivity contribution in [3.63, 3.8) is 0 Å². The van der Waals surface area contributed by atoms with Crippen molar-refractivity contribution >= 4 is 23.2 Å². The zero-order valence-electron chi connectivity index (χ0n) is 8.70. The SMILES string of the molecule is CC(CCCl)NC(=O)c1cc([N+](=O)[O-])c[nH]1. The van der Waals surface area contributed by atoms with E-state index in [9.17, 15) is 14.9 Å². The first-order valence-electron chi connectivity index (χ1n) is 4.74. The van der Waals surface area contributed by atoms with Crippen LogP contribution in [0.4, 0.5) is 5.69 Å². The molecule has 1 rings (SSSR count). The second-order valence-electron chi connectivity index (χ2n) is 3.38. The highest BCUT2D eigenvalue weighted by molar-refractivity contribution is 6.17. The van der Waals surface area contributed by atoms with Gasteiger partial charge in [-0.3, -0.25) is 14.9 Å². The summed E-state index contributed by atoms with van der Waals surface area (Å²) < 4.78 is 0. The third kappa shape index (κ3) is 3.23. The van der Waals surface area contributed by atoms with Gasteiger partial charge in [0.2, 0.25) is 0 Å². The topological polar surface area (TPSA) is 88.0 Å². The Morgan fingerprint density at radius 2 is 2.44 bits per heavy atom. The fourth-order valence-corrected chi connectivity index (χ4v) is 1.48. The van der Waals surface area contributed by atoms with E-state index in [-0.39, 0.29) is 23.3 Å². The summed E-state index contributed by atoms with van der Waals surface area (Å²) in [5.41, 5.74) is 0.0447. The molecule has 16 heavy (non-hydrogen) atoms. The minimum absolute atomic E-state index is 0.0626. The number of carbonyl (C=O) groups excluding carboxylic acids is 1. The van der Waals surface area contributed by atoms with Gasteiger partial charge in [0, 0.05) is 18.0 Å². The van der Waals surface area contributed by atoms with Crippen molar-refractivity contribution in [1.82, 2.24) is 10.3 Å². The normalized spacial score (nSPS) is 12.1. The van der Waals surface area contributed by atoms with E-state index in [1.807, 2.05) is 6.92 Å². The Balaban J connectivity index is 2.62. The van der Waals surface area contributed by atoms with Crippen LogP contribution in [0, 0.1) is 10.1 Å². The molecule has 0 radical (unpaired) electrons. The maximum atomic E-state index is 11.6. The van der Waals surface area contributed by atoms with Crippen molar-refractivity contribution in [2.75, 3.05) is 5.88 Å². The Hall–Kier alpha value is -1.56. The van der Waals surface area contributed by atoms with Crippen molar-refractivity contribution in [1.29, 1.82) is 0 Å². The molecule has 1 unspecified atom stereocenters. The summed E-state index contributed by atoms with van der Waals surface area (Å²) in [5, 5.41) is 13.1. The summed E-state index contributed by atoms with van der Waals surface area (Å²) in [6, 6.07) is 1.13. The van der Waals surface area contributed by atoms with E-state index in [0.29, 0.717) is 12.3 Å². The first-order valence-corrected chi connectivity index (χ1v) is 5.27. The van der Waals surface area contributed by atoms with Gasteiger partial charge in [-0.05, 0) is 13.3 Å². The average Bonchev–Trinajstić information content (AvgIpc) is 2.66. The maximum absolute atomic E-state index is 11.6. The van der Waals surface area contributed by atoms with Crippen molar-refractivity contribution in [2.45, 2.75) is 19.4 Å². The third-order valence-electron chi connectivity index (χ3n) is 2.04. The fourth-order valence-electron chi connectivity index (χ4n) is 1.16. The first kappa shape index (κ1) is 12.5. The number of alkyl halides is 1. The van der Waals surface area contributed by atoms with Crippen LogP contribution in [0.1, 0.15) is 23.8 Å². The van der Waals surface area contributed by atoms with Gasteiger partial charge in [0.1, 0.15) is 5.69 Å². The lowest BCUT2D eigenvalue weighted by Crippen LogP contribution is -2.32. The van der Waals surface area contributed by atoms with Crippen molar-refractivity contribution in [2.24, 2.45) is 0 Å². The molecule has 0 aliphatic rings. The number of aromatic nitrogens is 1. The van der Waals surface area contributed by atoms with E-state index in [1.54, 1.807) is 0 Å². The molecule has 7 heteroatoms. The van der Waals surface area contributed by atoms with Gasteiger partial charge < -0.3 is 10.3 Å². The molecule has 0 saturated heterocycles. The monoisotopic (exact) mass is 245 g/mol. The van der Waals surface area contributed by atoms with E-state index in [0.717, 1.165) is 0 Å². The number of amides is 1. The Labute approximate surface area is 97.1 Å². The predicted octanol–water partition coefficient (Wildman–Crippen LogP) is 1.67. The molecule has 1 atom stereocenters. The Morgan fingerprint density at radius 3 is 2.94 bits per heavy atom. The van der Waals surface area contributed by atoms with Gasteiger partial charge in [-0.2, -0.15) is 0 Å². The molecule has 0 aliphatic carbocycles. The van der Waals surface area contributed by atoms with Crippen LogP contribution >= 0.6 is 11.6 Å². The Kier molecular flexibility index (Phi) is 4.30. The van der Waals surface area contributed by atoms with Crippen LogP contribution in [0.15, 0.2) is 12.3 Å². The Morgan fingerprint density at radius 1 is 1.75 bits per heavy atom. The molecule has 0 aliphatic heterocycles. The summed E-state index contributed by atoms with van der Waals surface area (Å²) in [6.07, 6.45) is 1.83. The van der Waals surface area contributed by atoms with Crippen LogP contribution in [-0.4, -0.2) is 27.7 Å². The zero-order chi connectivity index (χ0) is 12.1. The summed E-state index contributed by atoms with van der Waals surface area (Å²) in [6.45, 7) is 1.82. The van der Waals surface area contributed by atoms with Crippen LogP contribution in [0.25, 0.3) is 0 Å². The quantitative estimate of drug-likeness (QED) is 0.470. The number of rotatable bonds is 5. The lowest BCUT2D eigenvalue weighted by molar-refractivity contribution is -0.384. The van der Waals surface area contributed by atoms with E-state index in [2.05, 4.69) is 10.3 Å². The van der Waals surface area contributed by atoms with E-state index in [1.165, 1.54) is 12.3 Å². The number of nitro groups is 1. The molecule has 1 aromatic rings. The summed E-state index contributed by atoms with van der Waals surface area (Å²) in [5.74, 6) is 0.0810. The summed E-state index contributed by atoms with van der Waals surface area (Å²) in [7, 11) is 0. The first-order chi connectivity index (χ1) is 7.54. The molecule has 1 aromatic heterocycles. The minimum Gasteiger partial charge on any atom is -0.351 e. The molecule has 0 fully saturated rings. The van der Waals surface area contributed by atoms with Gasteiger partial charge in [-0.1, -0.05) is 0 Å². The minimum atomic E-state index is -0.560. The van der Waals surface area contributed by atoms with Gasteiger partial charge in [-0.15, -0.1) is 11.6 Å². The summed E-state index contributed by atoms with van der Waals surface area (Å²) >= 11 is 5.52. The highest BCUT2D eigenvalue weighted by atomic mass is 35.5. The molecular weight excluding hydrogens is 234 g/mol.